The fourth-order valence-electron chi connectivity index (χ4n) is 2.16. The molecule has 1 rings (SSSR count). The molecule has 0 saturated heterocycles. The molecule has 3 atom stereocenters. The zero-order valence-electron chi connectivity index (χ0n) is 9.39. The second-order valence-corrected chi connectivity index (χ2v) is 5.87. The maximum atomic E-state index is 11.0. The first-order valence-electron chi connectivity index (χ1n) is 5.79. The minimum Gasteiger partial charge on any atom is -0.313 e. The average molecular weight is 235 g/mol. The molecule has 3 N–H and O–H groups in total. The van der Waals surface area contributed by atoms with Crippen LogP contribution in [0, 0.1) is 5.92 Å². The molecular formula is C10H22NO3P. The molecule has 0 spiro atoms. The minimum absolute atomic E-state index is 0.149. The molecule has 0 aromatic heterocycles. The van der Waals surface area contributed by atoms with Crippen molar-refractivity contribution < 1.29 is 14.0 Å². The van der Waals surface area contributed by atoms with Crippen LogP contribution in [0.2, 0.25) is 0 Å². The van der Waals surface area contributed by atoms with Gasteiger partial charge < -0.3 is 4.89 Å². The molecule has 90 valence electrons. The Bertz CT molecular complexity index is 229. The van der Waals surface area contributed by atoms with Crippen molar-refractivity contribution >= 4 is 7.75 Å². The molecule has 1 aliphatic carbocycles. The third kappa shape index (κ3) is 5.67. The molecule has 4 nitrogen and oxygen atoms in total. The zero-order valence-corrected chi connectivity index (χ0v) is 10.3. The van der Waals surface area contributed by atoms with E-state index in [-0.39, 0.29) is 6.10 Å². The monoisotopic (exact) mass is 235 g/mol. The van der Waals surface area contributed by atoms with Crippen molar-refractivity contribution in [2.24, 2.45) is 11.4 Å². The van der Waals surface area contributed by atoms with E-state index in [1.54, 1.807) is 0 Å². The Hall–Kier alpha value is 0.110. The van der Waals surface area contributed by atoms with Gasteiger partial charge in [0.2, 0.25) is 0 Å². The molecule has 0 aromatic rings. The Kier molecular flexibility index (Phi) is 5.27. The van der Waals surface area contributed by atoms with Crippen LogP contribution in [-0.4, -0.2) is 11.0 Å². The first-order valence-corrected chi connectivity index (χ1v) is 7.43. The zero-order chi connectivity index (χ0) is 11.3. The highest BCUT2D eigenvalue weighted by atomic mass is 31.2. The second-order valence-electron chi connectivity index (χ2n) is 4.53. The summed E-state index contributed by atoms with van der Waals surface area (Å²) in [5.41, 5.74) is 5.05. The molecule has 0 heterocycles. The van der Waals surface area contributed by atoms with Gasteiger partial charge in [-0.05, 0) is 18.8 Å². The van der Waals surface area contributed by atoms with Crippen molar-refractivity contribution in [1.82, 2.24) is 0 Å². The Morgan fingerprint density at radius 3 is 2.33 bits per heavy atom. The molecule has 0 radical (unpaired) electrons. The van der Waals surface area contributed by atoms with E-state index in [2.05, 4.69) is 6.92 Å². The molecular weight excluding hydrogens is 213 g/mol. The average Bonchev–Trinajstić information content (AvgIpc) is 2.19. The lowest BCUT2D eigenvalue weighted by Crippen LogP contribution is -2.22. The first kappa shape index (κ1) is 13.2. The maximum Gasteiger partial charge on any atom is 0.400 e. The van der Waals surface area contributed by atoms with Gasteiger partial charge in [0.25, 0.3) is 0 Å². The van der Waals surface area contributed by atoms with Gasteiger partial charge in [0.1, 0.15) is 0 Å². The van der Waals surface area contributed by atoms with Gasteiger partial charge in [-0.3, -0.25) is 4.52 Å². The van der Waals surface area contributed by atoms with Crippen molar-refractivity contribution in [2.45, 2.75) is 58.0 Å². The van der Waals surface area contributed by atoms with Crippen LogP contribution in [0.15, 0.2) is 0 Å². The van der Waals surface area contributed by atoms with E-state index >= 15 is 0 Å². The first-order chi connectivity index (χ1) is 6.99. The Balaban J connectivity index is 2.52. The van der Waals surface area contributed by atoms with Gasteiger partial charge in [-0.25, -0.2) is 10.1 Å². The van der Waals surface area contributed by atoms with E-state index in [1.807, 2.05) is 0 Å². The van der Waals surface area contributed by atoms with Crippen LogP contribution in [0.25, 0.3) is 0 Å². The van der Waals surface area contributed by atoms with Crippen molar-refractivity contribution in [3.05, 3.63) is 0 Å². The third-order valence-corrected chi connectivity index (χ3v) is 3.64. The van der Waals surface area contributed by atoms with Gasteiger partial charge in [-0.1, -0.05) is 39.0 Å². The highest BCUT2D eigenvalue weighted by Crippen LogP contribution is 2.38. The van der Waals surface area contributed by atoms with Crippen molar-refractivity contribution in [3.8, 4) is 0 Å². The fraction of sp³-hybridized carbons (Fsp3) is 1.00. The number of hydrogen-bond donors (Lipinski definition) is 2. The predicted molar refractivity (Wildman–Crippen MR) is 60.4 cm³/mol. The molecule has 0 amide bonds. The lowest BCUT2D eigenvalue weighted by molar-refractivity contribution is 0.110. The van der Waals surface area contributed by atoms with Crippen LogP contribution in [0.5, 0.6) is 0 Å². The maximum absolute atomic E-state index is 11.0. The quantitative estimate of drug-likeness (QED) is 0.722. The minimum atomic E-state index is -3.82. The molecule has 15 heavy (non-hydrogen) atoms. The number of rotatable bonds is 2. The second kappa shape index (κ2) is 6.00. The molecule has 1 aliphatic rings. The summed E-state index contributed by atoms with van der Waals surface area (Å²) >= 11 is 0. The Morgan fingerprint density at radius 2 is 1.73 bits per heavy atom. The Labute approximate surface area is 91.8 Å². The highest BCUT2D eigenvalue weighted by molar-refractivity contribution is 7.50. The molecule has 0 aromatic carbocycles. The van der Waals surface area contributed by atoms with Crippen LogP contribution in [0.1, 0.15) is 51.9 Å². The molecule has 0 aliphatic heterocycles. The van der Waals surface area contributed by atoms with Crippen molar-refractivity contribution in [3.63, 3.8) is 0 Å². The van der Waals surface area contributed by atoms with Crippen LogP contribution < -0.4 is 5.50 Å². The van der Waals surface area contributed by atoms with E-state index < -0.39 is 7.75 Å². The SMILES string of the molecule is CC1CCCCCCCC1OP(N)(=O)O. The standard InChI is InChI=1S/C10H22NO3P/c1-9-7-5-3-2-4-6-8-10(9)14-15(11,12)13/h9-10H,2-8H2,1H3,(H3,11,12,13). The van der Waals surface area contributed by atoms with E-state index in [9.17, 15) is 4.57 Å². The normalized spacial score (nSPS) is 33.5. The van der Waals surface area contributed by atoms with Crippen molar-refractivity contribution in [2.75, 3.05) is 0 Å². The molecule has 0 bridgehead atoms. The van der Waals surface area contributed by atoms with Gasteiger partial charge in [0.15, 0.2) is 0 Å². The molecule has 5 heteroatoms. The van der Waals surface area contributed by atoms with E-state index in [4.69, 9.17) is 14.9 Å². The van der Waals surface area contributed by atoms with Gasteiger partial charge in [0, 0.05) is 0 Å². The lowest BCUT2D eigenvalue weighted by Gasteiger charge is -2.24. The summed E-state index contributed by atoms with van der Waals surface area (Å²) in [6.07, 6.45) is 7.72. The number of hydrogen-bond acceptors (Lipinski definition) is 2. The summed E-state index contributed by atoms with van der Waals surface area (Å²) in [4.78, 5) is 9.03. The molecule has 3 unspecified atom stereocenters. The van der Waals surface area contributed by atoms with Crippen molar-refractivity contribution in [1.29, 1.82) is 0 Å². The van der Waals surface area contributed by atoms with E-state index in [0.29, 0.717) is 5.92 Å². The summed E-state index contributed by atoms with van der Waals surface area (Å²) in [6.45, 7) is 2.08. The van der Waals surface area contributed by atoms with Gasteiger partial charge >= 0.3 is 7.75 Å². The van der Waals surface area contributed by atoms with Crippen LogP contribution in [-0.2, 0) is 9.09 Å². The fourth-order valence-corrected chi connectivity index (χ4v) is 2.86. The summed E-state index contributed by atoms with van der Waals surface area (Å²) in [7, 11) is -3.82. The molecule has 1 fully saturated rings. The summed E-state index contributed by atoms with van der Waals surface area (Å²) < 4.78 is 16.1. The van der Waals surface area contributed by atoms with Crippen LogP contribution in [0.3, 0.4) is 0 Å². The van der Waals surface area contributed by atoms with Gasteiger partial charge in [-0.15, -0.1) is 0 Å². The smallest absolute Gasteiger partial charge is 0.313 e. The topological polar surface area (TPSA) is 72.5 Å². The largest absolute Gasteiger partial charge is 0.400 e. The predicted octanol–water partition coefficient (Wildman–Crippen LogP) is 2.81. The van der Waals surface area contributed by atoms with Crippen LogP contribution in [0.4, 0.5) is 0 Å². The van der Waals surface area contributed by atoms with Crippen LogP contribution >= 0.6 is 7.75 Å². The van der Waals surface area contributed by atoms with Gasteiger partial charge in [0.05, 0.1) is 6.10 Å². The highest BCUT2D eigenvalue weighted by Gasteiger charge is 2.25. The Morgan fingerprint density at radius 1 is 1.20 bits per heavy atom. The third-order valence-electron chi connectivity index (χ3n) is 3.07. The summed E-state index contributed by atoms with van der Waals surface area (Å²) in [5, 5.41) is 0. The molecule has 1 saturated carbocycles. The van der Waals surface area contributed by atoms with E-state index in [0.717, 1.165) is 19.3 Å². The number of nitrogens with two attached hydrogens (primary N) is 1. The van der Waals surface area contributed by atoms with E-state index in [1.165, 1.54) is 25.7 Å². The summed E-state index contributed by atoms with van der Waals surface area (Å²) in [5.74, 6) is 0.326. The van der Waals surface area contributed by atoms with Gasteiger partial charge in [-0.2, -0.15) is 0 Å². The summed E-state index contributed by atoms with van der Waals surface area (Å²) in [6, 6.07) is 0. The lowest BCUT2D eigenvalue weighted by atomic mass is 9.96.